The zero-order valence-electron chi connectivity index (χ0n) is 15.8. The summed E-state index contributed by atoms with van der Waals surface area (Å²) >= 11 is 0. The number of nitrogens with one attached hydrogen (secondary N) is 1. The molecule has 0 atom stereocenters. The van der Waals surface area contributed by atoms with E-state index < -0.39 is 10.0 Å². The lowest BCUT2D eigenvalue weighted by Gasteiger charge is -2.40. The topological polar surface area (TPSA) is 105 Å². The number of nitrogens with zero attached hydrogens (tertiary/aromatic N) is 3. The molecule has 1 N–H and O–H groups in total. The lowest BCUT2D eigenvalue weighted by Crippen LogP contribution is -2.43. The zero-order valence-corrected chi connectivity index (χ0v) is 16.7. The second-order valence-corrected chi connectivity index (χ2v) is 9.61. The van der Waals surface area contributed by atoms with Gasteiger partial charge in [-0.2, -0.15) is 9.29 Å². The smallest absolute Gasteiger partial charge is 0.243 e. The van der Waals surface area contributed by atoms with Crippen LogP contribution in [0.5, 0.6) is 0 Å². The molecule has 1 aromatic heterocycles. The molecular formula is C19H24N4O4S. The number of rotatable bonds is 3. The highest BCUT2D eigenvalue weighted by molar-refractivity contribution is 7.89. The molecule has 0 saturated carbocycles. The predicted molar refractivity (Wildman–Crippen MR) is 102 cm³/mol. The van der Waals surface area contributed by atoms with E-state index in [1.807, 2.05) is 0 Å². The summed E-state index contributed by atoms with van der Waals surface area (Å²) in [7, 11) is -3.60. The Morgan fingerprint density at radius 2 is 1.96 bits per heavy atom. The highest BCUT2D eigenvalue weighted by Gasteiger charge is 2.39. The van der Waals surface area contributed by atoms with E-state index in [0.717, 1.165) is 25.7 Å². The average Bonchev–Trinajstić information content (AvgIpc) is 3.05. The molecule has 2 fully saturated rings. The average molecular weight is 404 g/mol. The number of carbonyl (C=O) groups excluding carboxylic acids is 1. The van der Waals surface area contributed by atoms with Crippen LogP contribution in [0.2, 0.25) is 0 Å². The number of aryl methyl sites for hydroxylation is 1. The molecule has 2 aliphatic heterocycles. The van der Waals surface area contributed by atoms with E-state index in [0.29, 0.717) is 43.3 Å². The number of piperidine rings is 1. The third-order valence-electron chi connectivity index (χ3n) is 5.90. The molecule has 4 rings (SSSR count). The van der Waals surface area contributed by atoms with Crippen LogP contribution in [0.4, 0.5) is 0 Å². The molecule has 3 heterocycles. The van der Waals surface area contributed by atoms with Crippen LogP contribution in [0.1, 0.15) is 38.0 Å². The molecule has 0 aliphatic carbocycles. The summed E-state index contributed by atoms with van der Waals surface area (Å²) in [6.07, 6.45) is 3.84. The van der Waals surface area contributed by atoms with Crippen LogP contribution >= 0.6 is 0 Å². The van der Waals surface area contributed by atoms with Gasteiger partial charge in [-0.1, -0.05) is 17.3 Å². The van der Waals surface area contributed by atoms with Crippen LogP contribution in [0.15, 0.2) is 33.7 Å². The minimum Gasteiger partial charge on any atom is -0.356 e. The number of hydrogen-bond acceptors (Lipinski definition) is 6. The molecule has 0 unspecified atom stereocenters. The van der Waals surface area contributed by atoms with Gasteiger partial charge in [0.2, 0.25) is 27.6 Å². The molecule has 2 aliphatic rings. The minimum atomic E-state index is -3.60. The van der Waals surface area contributed by atoms with Gasteiger partial charge in [-0.15, -0.1) is 0 Å². The maximum atomic E-state index is 13.2. The van der Waals surface area contributed by atoms with Gasteiger partial charge in [-0.3, -0.25) is 4.79 Å². The summed E-state index contributed by atoms with van der Waals surface area (Å²) in [6, 6.07) is 6.66. The fraction of sp³-hybridized carbons (Fsp3) is 0.526. The van der Waals surface area contributed by atoms with Crippen LogP contribution in [0, 0.1) is 12.3 Å². The van der Waals surface area contributed by atoms with Gasteiger partial charge < -0.3 is 9.84 Å². The van der Waals surface area contributed by atoms with Crippen LogP contribution < -0.4 is 5.32 Å². The van der Waals surface area contributed by atoms with Crippen molar-refractivity contribution in [1.82, 2.24) is 19.8 Å². The molecule has 0 radical (unpaired) electrons. The molecule has 150 valence electrons. The Hall–Kier alpha value is -2.26. The SMILES string of the molecule is Cc1nc(-c2cccc(S(=O)(=O)N3CCC4(CCNC(=O)CC4)CC3)c2)no1. The lowest BCUT2D eigenvalue weighted by atomic mass is 9.73. The second-order valence-electron chi connectivity index (χ2n) is 7.67. The summed E-state index contributed by atoms with van der Waals surface area (Å²) in [5.41, 5.74) is 0.676. The molecule has 1 aromatic carbocycles. The largest absolute Gasteiger partial charge is 0.356 e. The summed E-state index contributed by atoms with van der Waals surface area (Å²) < 4.78 is 32.9. The van der Waals surface area contributed by atoms with Crippen molar-refractivity contribution in [2.45, 2.75) is 43.9 Å². The molecule has 28 heavy (non-hydrogen) atoms. The number of carbonyl (C=O) groups is 1. The van der Waals surface area contributed by atoms with Gasteiger partial charge in [-0.05, 0) is 43.2 Å². The van der Waals surface area contributed by atoms with E-state index in [-0.39, 0.29) is 16.2 Å². The highest BCUT2D eigenvalue weighted by atomic mass is 32.2. The quantitative estimate of drug-likeness (QED) is 0.840. The Bertz CT molecular complexity index is 977. The van der Waals surface area contributed by atoms with Crippen molar-refractivity contribution in [2.24, 2.45) is 5.41 Å². The molecule has 1 spiro atoms. The Morgan fingerprint density at radius 3 is 2.68 bits per heavy atom. The van der Waals surface area contributed by atoms with E-state index in [4.69, 9.17) is 4.52 Å². The first-order chi connectivity index (χ1) is 13.4. The van der Waals surface area contributed by atoms with E-state index in [1.165, 1.54) is 0 Å². The molecular weight excluding hydrogens is 380 g/mol. The van der Waals surface area contributed by atoms with Crippen molar-refractivity contribution in [2.75, 3.05) is 19.6 Å². The van der Waals surface area contributed by atoms with Crippen LogP contribution in [0.3, 0.4) is 0 Å². The summed E-state index contributed by atoms with van der Waals surface area (Å²) in [5.74, 6) is 0.907. The monoisotopic (exact) mass is 404 g/mol. The fourth-order valence-electron chi connectivity index (χ4n) is 4.12. The number of hydrogen-bond donors (Lipinski definition) is 1. The number of sulfonamides is 1. The van der Waals surface area contributed by atoms with Crippen molar-refractivity contribution in [3.63, 3.8) is 0 Å². The van der Waals surface area contributed by atoms with Gasteiger partial charge in [0, 0.05) is 38.5 Å². The fourth-order valence-corrected chi connectivity index (χ4v) is 5.61. The van der Waals surface area contributed by atoms with Gasteiger partial charge >= 0.3 is 0 Å². The Kier molecular flexibility index (Phi) is 4.96. The summed E-state index contributed by atoms with van der Waals surface area (Å²) in [6.45, 7) is 3.32. The first kappa shape index (κ1) is 19.1. The zero-order chi connectivity index (χ0) is 19.8. The Labute approximate surface area is 164 Å². The highest BCUT2D eigenvalue weighted by Crippen LogP contribution is 2.41. The third kappa shape index (κ3) is 3.68. The van der Waals surface area contributed by atoms with Crippen molar-refractivity contribution in [3.8, 4) is 11.4 Å². The minimum absolute atomic E-state index is 0.0647. The number of benzene rings is 1. The van der Waals surface area contributed by atoms with Crippen molar-refractivity contribution in [1.29, 1.82) is 0 Å². The van der Waals surface area contributed by atoms with Crippen molar-refractivity contribution < 1.29 is 17.7 Å². The molecule has 2 aromatic rings. The van der Waals surface area contributed by atoms with Crippen LogP contribution in [-0.2, 0) is 14.8 Å². The number of amides is 1. The van der Waals surface area contributed by atoms with Crippen molar-refractivity contribution >= 4 is 15.9 Å². The predicted octanol–water partition coefficient (Wildman–Crippen LogP) is 2.12. The molecule has 2 saturated heterocycles. The normalized spacial score (nSPS) is 20.7. The molecule has 1 amide bonds. The van der Waals surface area contributed by atoms with Gasteiger partial charge in [0.25, 0.3) is 0 Å². The van der Waals surface area contributed by atoms with Crippen molar-refractivity contribution in [3.05, 3.63) is 30.2 Å². The molecule has 8 nitrogen and oxygen atoms in total. The first-order valence-corrected chi connectivity index (χ1v) is 11.0. The van der Waals surface area contributed by atoms with Gasteiger partial charge in [0.05, 0.1) is 4.90 Å². The van der Waals surface area contributed by atoms with Gasteiger partial charge in [-0.25, -0.2) is 8.42 Å². The third-order valence-corrected chi connectivity index (χ3v) is 7.80. The van der Waals surface area contributed by atoms with Gasteiger partial charge in [0.15, 0.2) is 0 Å². The van der Waals surface area contributed by atoms with E-state index in [2.05, 4.69) is 15.5 Å². The Morgan fingerprint density at radius 1 is 1.18 bits per heavy atom. The van der Waals surface area contributed by atoms with Gasteiger partial charge in [0.1, 0.15) is 0 Å². The summed E-state index contributed by atoms with van der Waals surface area (Å²) in [5, 5.41) is 6.78. The standard InChI is InChI=1S/C19H24N4O4S/c1-14-21-18(22-27-14)15-3-2-4-16(13-15)28(25,26)23-11-8-19(9-12-23)6-5-17(24)20-10-7-19/h2-4,13H,5-12H2,1H3,(H,20,24). The second kappa shape index (κ2) is 7.29. The van der Waals surface area contributed by atoms with Crippen LogP contribution in [0.25, 0.3) is 11.4 Å². The van der Waals surface area contributed by atoms with Crippen LogP contribution in [-0.4, -0.2) is 48.4 Å². The van der Waals surface area contributed by atoms with E-state index in [1.54, 1.807) is 35.5 Å². The lowest BCUT2D eigenvalue weighted by molar-refractivity contribution is -0.120. The molecule has 9 heteroatoms. The number of aromatic nitrogens is 2. The van der Waals surface area contributed by atoms with E-state index in [9.17, 15) is 13.2 Å². The maximum absolute atomic E-state index is 13.2. The summed E-state index contributed by atoms with van der Waals surface area (Å²) in [4.78, 5) is 16.0. The maximum Gasteiger partial charge on any atom is 0.243 e. The van der Waals surface area contributed by atoms with E-state index >= 15 is 0 Å². The molecule has 0 bridgehead atoms. The first-order valence-electron chi connectivity index (χ1n) is 9.56. The Balaban J connectivity index is 1.51.